The molecule has 2 atom stereocenters. The van der Waals surface area contributed by atoms with Crippen molar-refractivity contribution >= 4 is 5.69 Å². The first-order chi connectivity index (χ1) is 8.27. The summed E-state index contributed by atoms with van der Waals surface area (Å²) in [5.74, 6) is 0. The molecule has 0 saturated carbocycles. The van der Waals surface area contributed by atoms with Crippen molar-refractivity contribution in [3.05, 3.63) is 29.8 Å². The van der Waals surface area contributed by atoms with Crippen molar-refractivity contribution < 1.29 is 14.6 Å². The topological polar surface area (TPSA) is 64.7 Å². The highest BCUT2D eigenvalue weighted by molar-refractivity contribution is 5.47. The fourth-order valence-corrected chi connectivity index (χ4v) is 1.99. The van der Waals surface area contributed by atoms with Gasteiger partial charge in [-0.05, 0) is 18.9 Å². The summed E-state index contributed by atoms with van der Waals surface area (Å²) in [4.78, 5) is 0. The molecule has 2 unspecified atom stereocenters. The second kappa shape index (κ2) is 6.00. The Bertz CT molecular complexity index is 350. The van der Waals surface area contributed by atoms with Gasteiger partial charge < -0.3 is 20.3 Å². The van der Waals surface area contributed by atoms with Gasteiger partial charge in [0, 0.05) is 17.9 Å². The highest BCUT2D eigenvalue weighted by Gasteiger charge is 2.17. The Morgan fingerprint density at radius 3 is 3.00 bits per heavy atom. The average Bonchev–Trinajstić information content (AvgIpc) is 2.82. The van der Waals surface area contributed by atoms with Crippen molar-refractivity contribution in [2.45, 2.75) is 25.0 Å². The number of aliphatic hydroxyl groups is 1. The third kappa shape index (κ3) is 3.43. The highest BCUT2D eigenvalue weighted by atomic mass is 16.5. The summed E-state index contributed by atoms with van der Waals surface area (Å²) < 4.78 is 10.9. The zero-order chi connectivity index (χ0) is 12.1. The molecule has 17 heavy (non-hydrogen) atoms. The van der Waals surface area contributed by atoms with Gasteiger partial charge in [-0.25, -0.2) is 0 Å². The van der Waals surface area contributed by atoms with Crippen molar-refractivity contribution in [2.75, 3.05) is 25.6 Å². The van der Waals surface area contributed by atoms with Gasteiger partial charge in [0.05, 0.1) is 19.3 Å². The van der Waals surface area contributed by atoms with Crippen molar-refractivity contribution in [3.8, 4) is 0 Å². The Morgan fingerprint density at radius 2 is 2.29 bits per heavy atom. The molecule has 0 aromatic heterocycles. The number of aliphatic hydroxyl groups excluding tert-OH is 1. The summed E-state index contributed by atoms with van der Waals surface area (Å²) in [6.45, 7) is 1.63. The van der Waals surface area contributed by atoms with Gasteiger partial charge in [-0.1, -0.05) is 18.2 Å². The van der Waals surface area contributed by atoms with E-state index in [1.165, 1.54) is 0 Å². The van der Waals surface area contributed by atoms with Crippen molar-refractivity contribution in [2.24, 2.45) is 0 Å². The maximum absolute atomic E-state index is 9.93. The van der Waals surface area contributed by atoms with Crippen LogP contribution in [0.15, 0.2) is 24.3 Å². The number of nitrogens with two attached hydrogens (primary N) is 1. The van der Waals surface area contributed by atoms with E-state index < -0.39 is 6.10 Å². The second-order valence-corrected chi connectivity index (χ2v) is 4.32. The van der Waals surface area contributed by atoms with Crippen LogP contribution in [0.3, 0.4) is 0 Å². The fourth-order valence-electron chi connectivity index (χ4n) is 1.99. The van der Waals surface area contributed by atoms with E-state index in [1.807, 2.05) is 18.2 Å². The lowest BCUT2D eigenvalue weighted by Gasteiger charge is -2.15. The van der Waals surface area contributed by atoms with Crippen LogP contribution in [0.1, 0.15) is 24.5 Å². The number of anilines is 1. The van der Waals surface area contributed by atoms with Gasteiger partial charge in [0.1, 0.15) is 6.10 Å². The number of para-hydroxylation sites is 1. The summed E-state index contributed by atoms with van der Waals surface area (Å²) in [7, 11) is 0. The maximum atomic E-state index is 9.93. The molecule has 4 nitrogen and oxygen atoms in total. The van der Waals surface area contributed by atoms with Crippen molar-refractivity contribution in [1.82, 2.24) is 0 Å². The lowest BCUT2D eigenvalue weighted by molar-refractivity contribution is -0.0174. The predicted molar refractivity (Wildman–Crippen MR) is 65.6 cm³/mol. The quantitative estimate of drug-likeness (QED) is 0.762. The molecule has 0 amide bonds. The molecule has 1 heterocycles. The van der Waals surface area contributed by atoms with E-state index in [0.717, 1.165) is 25.0 Å². The first-order valence-electron chi connectivity index (χ1n) is 5.99. The molecule has 94 valence electrons. The maximum Gasteiger partial charge on any atom is 0.104 e. The number of benzene rings is 1. The molecule has 2 rings (SSSR count). The largest absolute Gasteiger partial charge is 0.398 e. The average molecular weight is 237 g/mol. The van der Waals surface area contributed by atoms with E-state index in [4.69, 9.17) is 15.2 Å². The van der Waals surface area contributed by atoms with Crippen LogP contribution in [0, 0.1) is 0 Å². The Morgan fingerprint density at radius 1 is 1.47 bits per heavy atom. The normalized spacial score (nSPS) is 21.6. The number of rotatable bonds is 5. The van der Waals surface area contributed by atoms with Crippen LogP contribution >= 0.6 is 0 Å². The molecule has 0 spiro atoms. The molecule has 1 aromatic rings. The molecule has 1 aliphatic rings. The summed E-state index contributed by atoms with van der Waals surface area (Å²) in [6, 6.07) is 7.29. The Kier molecular flexibility index (Phi) is 4.36. The first-order valence-corrected chi connectivity index (χ1v) is 5.99. The van der Waals surface area contributed by atoms with Gasteiger partial charge in [0.25, 0.3) is 0 Å². The minimum absolute atomic E-state index is 0.190. The Labute approximate surface area is 101 Å². The van der Waals surface area contributed by atoms with Crippen molar-refractivity contribution in [3.63, 3.8) is 0 Å². The fraction of sp³-hybridized carbons (Fsp3) is 0.538. The van der Waals surface area contributed by atoms with E-state index in [0.29, 0.717) is 12.3 Å². The molecule has 1 aliphatic heterocycles. The minimum atomic E-state index is -0.669. The second-order valence-electron chi connectivity index (χ2n) is 4.32. The lowest BCUT2D eigenvalue weighted by atomic mass is 10.1. The molecular weight excluding hydrogens is 218 g/mol. The zero-order valence-corrected chi connectivity index (χ0v) is 9.84. The molecule has 0 radical (unpaired) electrons. The van der Waals surface area contributed by atoms with E-state index in [9.17, 15) is 5.11 Å². The van der Waals surface area contributed by atoms with Gasteiger partial charge in [-0.3, -0.25) is 0 Å². The monoisotopic (exact) mass is 237 g/mol. The van der Waals surface area contributed by atoms with E-state index in [-0.39, 0.29) is 12.7 Å². The number of hydrogen-bond acceptors (Lipinski definition) is 4. The molecule has 1 aromatic carbocycles. The molecule has 4 heteroatoms. The van der Waals surface area contributed by atoms with Gasteiger partial charge in [-0.2, -0.15) is 0 Å². The summed E-state index contributed by atoms with van der Waals surface area (Å²) >= 11 is 0. The van der Waals surface area contributed by atoms with Gasteiger partial charge in [0.2, 0.25) is 0 Å². The highest BCUT2D eigenvalue weighted by Crippen LogP contribution is 2.20. The summed E-state index contributed by atoms with van der Waals surface area (Å²) in [6.07, 6.45) is 1.67. The van der Waals surface area contributed by atoms with E-state index in [2.05, 4.69) is 0 Å². The van der Waals surface area contributed by atoms with Crippen LogP contribution < -0.4 is 5.73 Å². The van der Waals surface area contributed by atoms with Crippen LogP contribution in [0.5, 0.6) is 0 Å². The van der Waals surface area contributed by atoms with Gasteiger partial charge in [0.15, 0.2) is 0 Å². The first kappa shape index (κ1) is 12.4. The van der Waals surface area contributed by atoms with Crippen LogP contribution in [0.2, 0.25) is 0 Å². The molecular formula is C13H19NO3. The Balaban J connectivity index is 1.77. The standard InChI is InChI=1S/C13H19NO3/c14-12-6-2-1-5-11(12)13(15)9-16-8-10-4-3-7-17-10/h1-2,5-6,10,13,15H,3-4,7-9,14H2. The van der Waals surface area contributed by atoms with Crippen LogP contribution in [0.25, 0.3) is 0 Å². The number of hydrogen-bond donors (Lipinski definition) is 2. The molecule has 3 N–H and O–H groups in total. The van der Waals surface area contributed by atoms with Crippen LogP contribution in [-0.2, 0) is 9.47 Å². The SMILES string of the molecule is Nc1ccccc1C(O)COCC1CCCO1. The smallest absolute Gasteiger partial charge is 0.104 e. The minimum Gasteiger partial charge on any atom is -0.398 e. The molecule has 1 saturated heterocycles. The molecule has 0 bridgehead atoms. The molecule has 1 fully saturated rings. The van der Waals surface area contributed by atoms with Crippen LogP contribution in [-0.4, -0.2) is 31.0 Å². The summed E-state index contributed by atoms with van der Waals surface area (Å²) in [5, 5.41) is 9.93. The Hall–Kier alpha value is -1.10. The third-order valence-electron chi connectivity index (χ3n) is 2.96. The van der Waals surface area contributed by atoms with Crippen LogP contribution in [0.4, 0.5) is 5.69 Å². The van der Waals surface area contributed by atoms with Gasteiger partial charge >= 0.3 is 0 Å². The zero-order valence-electron chi connectivity index (χ0n) is 9.84. The number of nitrogen functional groups attached to an aromatic ring is 1. The molecule has 0 aliphatic carbocycles. The predicted octanol–water partition coefficient (Wildman–Crippen LogP) is 1.50. The van der Waals surface area contributed by atoms with E-state index >= 15 is 0 Å². The van der Waals surface area contributed by atoms with E-state index in [1.54, 1.807) is 6.07 Å². The lowest BCUT2D eigenvalue weighted by Crippen LogP contribution is -2.17. The van der Waals surface area contributed by atoms with Gasteiger partial charge in [-0.15, -0.1) is 0 Å². The van der Waals surface area contributed by atoms with Crippen molar-refractivity contribution in [1.29, 1.82) is 0 Å². The number of ether oxygens (including phenoxy) is 2. The third-order valence-corrected chi connectivity index (χ3v) is 2.96. The summed E-state index contributed by atoms with van der Waals surface area (Å²) in [5.41, 5.74) is 7.10.